The van der Waals surface area contributed by atoms with Gasteiger partial charge in [0.2, 0.25) is 11.8 Å². The number of nitrogens with two attached hydrogens (primary N) is 1. The lowest BCUT2D eigenvalue weighted by Crippen LogP contribution is -2.36. The normalized spacial score (nSPS) is 9.82. The molecule has 0 heterocycles. The highest BCUT2D eigenvalue weighted by Gasteiger charge is 2.06. The molecule has 0 spiro atoms. The smallest absolute Gasteiger partial charge is 0.243 e. The van der Waals surface area contributed by atoms with Crippen molar-refractivity contribution >= 4 is 29.1 Å². The molecule has 5 nitrogen and oxygen atoms in total. The van der Waals surface area contributed by atoms with Crippen LogP contribution in [0.4, 0.5) is 10.1 Å². The maximum absolute atomic E-state index is 12.8. The first-order chi connectivity index (χ1) is 8.02. The largest absolute Gasteiger partial charge is 0.346 e. The van der Waals surface area contributed by atoms with Crippen LogP contribution in [0.3, 0.4) is 0 Å². The Balaban J connectivity index is 2.50. The van der Waals surface area contributed by atoms with Crippen LogP contribution in [0.2, 0.25) is 5.02 Å². The monoisotopic (exact) mass is 259 g/mol. The van der Waals surface area contributed by atoms with Gasteiger partial charge in [0.25, 0.3) is 0 Å². The molecule has 7 heteroatoms. The highest BCUT2D eigenvalue weighted by atomic mass is 35.5. The number of rotatable bonds is 4. The maximum Gasteiger partial charge on any atom is 0.243 e. The topological polar surface area (TPSA) is 84.2 Å². The number of halogens is 2. The van der Waals surface area contributed by atoms with E-state index in [1.54, 1.807) is 0 Å². The average Bonchev–Trinajstić information content (AvgIpc) is 2.31. The quantitative estimate of drug-likeness (QED) is 0.736. The Morgan fingerprint density at radius 3 is 2.65 bits per heavy atom. The summed E-state index contributed by atoms with van der Waals surface area (Å²) in [5.74, 6) is -1.45. The summed E-state index contributed by atoms with van der Waals surface area (Å²) in [6, 6.07) is 3.78. The SMILES string of the molecule is NCC(=O)NCC(=O)Nc1ccc(F)c(Cl)c1. The van der Waals surface area contributed by atoms with E-state index < -0.39 is 17.6 Å². The van der Waals surface area contributed by atoms with E-state index in [-0.39, 0.29) is 18.1 Å². The highest BCUT2D eigenvalue weighted by Crippen LogP contribution is 2.18. The van der Waals surface area contributed by atoms with E-state index in [4.69, 9.17) is 17.3 Å². The van der Waals surface area contributed by atoms with Crippen molar-refractivity contribution in [2.24, 2.45) is 5.73 Å². The van der Waals surface area contributed by atoms with Gasteiger partial charge in [-0.3, -0.25) is 9.59 Å². The van der Waals surface area contributed by atoms with Crippen LogP contribution in [0.5, 0.6) is 0 Å². The van der Waals surface area contributed by atoms with E-state index in [1.807, 2.05) is 0 Å². The second-order valence-corrected chi connectivity index (χ2v) is 3.57. The molecule has 0 radical (unpaired) electrons. The highest BCUT2D eigenvalue weighted by molar-refractivity contribution is 6.31. The Labute approximate surface area is 102 Å². The summed E-state index contributed by atoms with van der Waals surface area (Å²) in [6.45, 7) is -0.388. The first-order valence-corrected chi connectivity index (χ1v) is 5.12. The molecule has 0 saturated heterocycles. The van der Waals surface area contributed by atoms with E-state index in [2.05, 4.69) is 10.6 Å². The van der Waals surface area contributed by atoms with Gasteiger partial charge in [-0.1, -0.05) is 11.6 Å². The van der Waals surface area contributed by atoms with Gasteiger partial charge in [0.1, 0.15) is 5.82 Å². The van der Waals surface area contributed by atoms with Gasteiger partial charge in [0.05, 0.1) is 18.1 Å². The molecule has 0 aromatic heterocycles. The summed E-state index contributed by atoms with van der Waals surface area (Å²) >= 11 is 5.53. The molecule has 0 fully saturated rings. The van der Waals surface area contributed by atoms with Gasteiger partial charge in [-0.2, -0.15) is 0 Å². The molecule has 0 aliphatic heterocycles. The average molecular weight is 260 g/mol. The number of hydrogen-bond acceptors (Lipinski definition) is 3. The van der Waals surface area contributed by atoms with Gasteiger partial charge in [-0.15, -0.1) is 0 Å². The minimum absolute atomic E-state index is 0.0891. The van der Waals surface area contributed by atoms with Crippen molar-refractivity contribution in [3.8, 4) is 0 Å². The molecule has 1 rings (SSSR count). The zero-order valence-corrected chi connectivity index (χ0v) is 9.55. The minimum Gasteiger partial charge on any atom is -0.346 e. The lowest BCUT2D eigenvalue weighted by Gasteiger charge is -2.06. The lowest BCUT2D eigenvalue weighted by atomic mass is 10.3. The molecular formula is C10H11ClFN3O2. The molecule has 2 amide bonds. The number of carbonyl (C=O) groups is 2. The lowest BCUT2D eigenvalue weighted by molar-refractivity contribution is -0.123. The first-order valence-electron chi connectivity index (χ1n) is 4.74. The van der Waals surface area contributed by atoms with Gasteiger partial charge < -0.3 is 16.4 Å². The fourth-order valence-electron chi connectivity index (χ4n) is 1.03. The number of amides is 2. The van der Waals surface area contributed by atoms with Gasteiger partial charge in [0, 0.05) is 5.69 Å². The van der Waals surface area contributed by atoms with Crippen LogP contribution in [0.15, 0.2) is 18.2 Å². The standard InChI is InChI=1S/C10H11ClFN3O2/c11-7-3-6(1-2-8(7)12)15-10(17)5-14-9(16)4-13/h1-3H,4-5,13H2,(H,14,16)(H,15,17). The Hall–Kier alpha value is -1.66. The van der Waals surface area contributed by atoms with E-state index in [1.165, 1.54) is 12.1 Å². The zero-order chi connectivity index (χ0) is 12.8. The summed E-state index contributed by atoms with van der Waals surface area (Å²) in [5.41, 5.74) is 5.39. The number of benzene rings is 1. The van der Waals surface area contributed by atoms with Crippen LogP contribution in [0.1, 0.15) is 0 Å². The molecule has 0 aliphatic carbocycles. The Morgan fingerprint density at radius 2 is 2.06 bits per heavy atom. The van der Waals surface area contributed by atoms with Crippen LogP contribution in [0.25, 0.3) is 0 Å². The van der Waals surface area contributed by atoms with Crippen molar-refractivity contribution in [2.45, 2.75) is 0 Å². The van der Waals surface area contributed by atoms with Crippen LogP contribution in [-0.2, 0) is 9.59 Å². The Kier molecular flexibility index (Phi) is 4.86. The fraction of sp³-hybridized carbons (Fsp3) is 0.200. The number of anilines is 1. The number of hydrogen-bond donors (Lipinski definition) is 3. The van der Waals surface area contributed by atoms with Gasteiger partial charge in [-0.25, -0.2) is 4.39 Å². The molecule has 0 bridgehead atoms. The van der Waals surface area contributed by atoms with Crippen molar-refractivity contribution in [3.63, 3.8) is 0 Å². The van der Waals surface area contributed by atoms with Crippen molar-refractivity contribution in [1.29, 1.82) is 0 Å². The van der Waals surface area contributed by atoms with E-state index in [9.17, 15) is 14.0 Å². The fourth-order valence-corrected chi connectivity index (χ4v) is 1.21. The second-order valence-electron chi connectivity index (χ2n) is 3.16. The molecule has 4 N–H and O–H groups in total. The van der Waals surface area contributed by atoms with Crippen LogP contribution >= 0.6 is 11.6 Å². The van der Waals surface area contributed by atoms with E-state index in [0.717, 1.165) is 6.07 Å². The van der Waals surface area contributed by atoms with Crippen LogP contribution < -0.4 is 16.4 Å². The third-order valence-electron chi connectivity index (χ3n) is 1.83. The molecular weight excluding hydrogens is 249 g/mol. The Morgan fingerprint density at radius 1 is 1.35 bits per heavy atom. The van der Waals surface area contributed by atoms with Crippen molar-refractivity contribution < 1.29 is 14.0 Å². The summed E-state index contributed by atoms with van der Waals surface area (Å²) in [5, 5.41) is 4.65. The van der Waals surface area contributed by atoms with Gasteiger partial charge in [0.15, 0.2) is 0 Å². The summed E-state index contributed by atoms with van der Waals surface area (Å²) in [6.07, 6.45) is 0. The van der Waals surface area contributed by atoms with Crippen LogP contribution in [-0.4, -0.2) is 24.9 Å². The number of carbonyl (C=O) groups excluding carboxylic acids is 2. The summed E-state index contributed by atoms with van der Waals surface area (Å²) in [4.78, 5) is 22.1. The molecule has 1 aromatic rings. The summed E-state index contributed by atoms with van der Waals surface area (Å²) in [7, 11) is 0. The van der Waals surface area contributed by atoms with Crippen LogP contribution in [0, 0.1) is 5.82 Å². The molecule has 0 unspecified atom stereocenters. The molecule has 0 saturated carbocycles. The van der Waals surface area contributed by atoms with Gasteiger partial charge in [-0.05, 0) is 18.2 Å². The van der Waals surface area contributed by atoms with Crippen molar-refractivity contribution in [1.82, 2.24) is 5.32 Å². The second kappa shape index (κ2) is 6.17. The van der Waals surface area contributed by atoms with E-state index in [0.29, 0.717) is 5.69 Å². The molecule has 0 atom stereocenters. The number of nitrogens with one attached hydrogen (secondary N) is 2. The third-order valence-corrected chi connectivity index (χ3v) is 2.12. The van der Waals surface area contributed by atoms with Crippen molar-refractivity contribution in [2.75, 3.05) is 18.4 Å². The predicted molar refractivity (Wildman–Crippen MR) is 62.1 cm³/mol. The first kappa shape index (κ1) is 13.4. The third kappa shape index (κ3) is 4.38. The van der Waals surface area contributed by atoms with E-state index >= 15 is 0 Å². The molecule has 92 valence electrons. The van der Waals surface area contributed by atoms with Crippen molar-refractivity contribution in [3.05, 3.63) is 29.0 Å². The predicted octanol–water partition coefficient (Wildman–Crippen LogP) is 0.492. The molecule has 0 aliphatic rings. The minimum atomic E-state index is -0.568. The zero-order valence-electron chi connectivity index (χ0n) is 8.80. The molecule has 1 aromatic carbocycles. The Bertz CT molecular complexity index is 440. The van der Waals surface area contributed by atoms with Gasteiger partial charge >= 0.3 is 0 Å². The maximum atomic E-state index is 12.8. The summed E-state index contributed by atoms with van der Waals surface area (Å²) < 4.78 is 12.8. The molecule has 17 heavy (non-hydrogen) atoms.